The average molecular weight is 341 g/mol. The lowest BCUT2D eigenvalue weighted by Crippen LogP contribution is -2.33. The van der Waals surface area contributed by atoms with Crippen molar-refractivity contribution in [3.8, 4) is 0 Å². The van der Waals surface area contributed by atoms with Gasteiger partial charge in [0.25, 0.3) is 0 Å². The summed E-state index contributed by atoms with van der Waals surface area (Å²) < 4.78 is 43.5. The van der Waals surface area contributed by atoms with E-state index in [2.05, 4.69) is 12.2 Å². The van der Waals surface area contributed by atoms with Crippen molar-refractivity contribution in [1.29, 1.82) is 0 Å². The van der Waals surface area contributed by atoms with E-state index in [-0.39, 0.29) is 11.4 Å². The van der Waals surface area contributed by atoms with Gasteiger partial charge < -0.3 is 4.74 Å². The summed E-state index contributed by atoms with van der Waals surface area (Å²) >= 11 is 0. The molecule has 126 valence electrons. The number of allylic oxidation sites excluding steroid dienone is 2. The average Bonchev–Trinajstić information content (AvgIpc) is 2.54. The predicted molar refractivity (Wildman–Crippen MR) is 83.7 cm³/mol. The Labute approximate surface area is 135 Å². The standard InChI is InChI=1S/C16H20FNO4S/c1-18(23(20,21)15-9-7-14(17)8-10-15)11-16(19)22-12-13-5-3-2-4-6-13/h2-3,7-10,13H,4-6,11-12H2,1H3. The highest BCUT2D eigenvalue weighted by atomic mass is 32.2. The van der Waals surface area contributed by atoms with E-state index in [0.29, 0.717) is 12.5 Å². The molecule has 0 aliphatic heterocycles. The van der Waals surface area contributed by atoms with Crippen LogP contribution in [-0.4, -0.2) is 38.9 Å². The van der Waals surface area contributed by atoms with Gasteiger partial charge in [0.15, 0.2) is 0 Å². The number of hydrogen-bond acceptors (Lipinski definition) is 4. The van der Waals surface area contributed by atoms with Gasteiger partial charge in [-0.15, -0.1) is 0 Å². The zero-order chi connectivity index (χ0) is 16.9. The highest BCUT2D eigenvalue weighted by molar-refractivity contribution is 7.89. The fourth-order valence-electron chi connectivity index (χ4n) is 2.32. The molecule has 0 aromatic heterocycles. The SMILES string of the molecule is CN(CC(=O)OCC1CC=CCC1)S(=O)(=O)c1ccc(F)cc1. The number of benzene rings is 1. The van der Waals surface area contributed by atoms with Crippen LogP contribution in [0.4, 0.5) is 4.39 Å². The topological polar surface area (TPSA) is 63.7 Å². The maximum atomic E-state index is 12.9. The van der Waals surface area contributed by atoms with Crippen LogP contribution >= 0.6 is 0 Å². The number of carbonyl (C=O) groups excluding carboxylic acids is 1. The first kappa shape index (κ1) is 17.6. The molecule has 1 aromatic carbocycles. The van der Waals surface area contributed by atoms with Gasteiger partial charge in [-0.3, -0.25) is 4.79 Å². The van der Waals surface area contributed by atoms with Gasteiger partial charge in [0.1, 0.15) is 12.4 Å². The first-order valence-electron chi connectivity index (χ1n) is 7.42. The molecular weight excluding hydrogens is 321 g/mol. The lowest BCUT2D eigenvalue weighted by molar-refractivity contribution is -0.145. The van der Waals surface area contributed by atoms with Crippen molar-refractivity contribution in [1.82, 2.24) is 4.31 Å². The molecule has 0 bridgehead atoms. The minimum atomic E-state index is -3.84. The summed E-state index contributed by atoms with van der Waals surface area (Å²) in [6.45, 7) is -0.0735. The van der Waals surface area contributed by atoms with Gasteiger partial charge in [-0.05, 0) is 49.4 Å². The molecular formula is C16H20FNO4S. The van der Waals surface area contributed by atoms with Crippen LogP contribution in [0.1, 0.15) is 19.3 Å². The third-order valence-electron chi connectivity index (χ3n) is 3.73. The molecule has 23 heavy (non-hydrogen) atoms. The van der Waals surface area contributed by atoms with Crippen molar-refractivity contribution in [2.24, 2.45) is 5.92 Å². The second-order valence-corrected chi connectivity index (χ2v) is 7.59. The highest BCUT2D eigenvalue weighted by Gasteiger charge is 2.24. The molecule has 0 saturated carbocycles. The molecule has 1 aliphatic carbocycles. The first-order valence-corrected chi connectivity index (χ1v) is 8.86. The predicted octanol–water partition coefficient (Wildman–Crippen LogP) is 2.35. The number of ether oxygens (including phenoxy) is 1. The van der Waals surface area contributed by atoms with Crippen molar-refractivity contribution < 1.29 is 22.3 Å². The van der Waals surface area contributed by atoms with E-state index in [1.807, 2.05) is 0 Å². The van der Waals surface area contributed by atoms with Gasteiger partial charge in [0, 0.05) is 7.05 Å². The second kappa shape index (κ2) is 7.70. The zero-order valence-corrected chi connectivity index (χ0v) is 13.8. The molecule has 1 aromatic rings. The molecule has 0 saturated heterocycles. The maximum Gasteiger partial charge on any atom is 0.321 e. The van der Waals surface area contributed by atoms with Crippen LogP contribution in [-0.2, 0) is 19.6 Å². The van der Waals surface area contributed by atoms with Crippen LogP contribution in [0.5, 0.6) is 0 Å². The molecule has 7 heteroatoms. The monoisotopic (exact) mass is 341 g/mol. The smallest absolute Gasteiger partial charge is 0.321 e. The first-order chi connectivity index (χ1) is 10.9. The molecule has 0 spiro atoms. The number of hydrogen-bond donors (Lipinski definition) is 0. The Kier molecular flexibility index (Phi) is 5.90. The Bertz CT molecular complexity index is 670. The number of likely N-dealkylation sites (N-methyl/N-ethyl adjacent to an activating group) is 1. The second-order valence-electron chi connectivity index (χ2n) is 5.55. The van der Waals surface area contributed by atoms with Gasteiger partial charge in [-0.2, -0.15) is 4.31 Å². The number of nitrogens with zero attached hydrogens (tertiary/aromatic N) is 1. The van der Waals surface area contributed by atoms with Crippen LogP contribution in [0.3, 0.4) is 0 Å². The van der Waals surface area contributed by atoms with Crippen LogP contribution in [0, 0.1) is 11.7 Å². The lowest BCUT2D eigenvalue weighted by Gasteiger charge is -2.19. The van der Waals surface area contributed by atoms with E-state index in [0.717, 1.165) is 35.7 Å². The highest BCUT2D eigenvalue weighted by Crippen LogP contribution is 2.18. The van der Waals surface area contributed by atoms with Gasteiger partial charge in [0.05, 0.1) is 11.5 Å². The Morgan fingerprint density at radius 1 is 1.30 bits per heavy atom. The molecule has 1 atom stereocenters. The number of halogens is 1. The Morgan fingerprint density at radius 2 is 2.00 bits per heavy atom. The minimum Gasteiger partial charge on any atom is -0.464 e. The largest absolute Gasteiger partial charge is 0.464 e. The van der Waals surface area contributed by atoms with Crippen molar-refractivity contribution in [2.45, 2.75) is 24.2 Å². The maximum absolute atomic E-state index is 12.9. The van der Waals surface area contributed by atoms with E-state index >= 15 is 0 Å². The van der Waals surface area contributed by atoms with Crippen molar-refractivity contribution in [3.05, 3.63) is 42.2 Å². The van der Waals surface area contributed by atoms with E-state index in [4.69, 9.17) is 4.74 Å². The van der Waals surface area contributed by atoms with Crippen LogP contribution in [0.25, 0.3) is 0 Å². The third-order valence-corrected chi connectivity index (χ3v) is 5.55. The Balaban J connectivity index is 1.89. The lowest BCUT2D eigenvalue weighted by atomic mass is 9.95. The van der Waals surface area contributed by atoms with Crippen LogP contribution in [0.15, 0.2) is 41.3 Å². The molecule has 1 aliphatic rings. The Hall–Kier alpha value is -1.73. The fourth-order valence-corrected chi connectivity index (χ4v) is 3.43. The fraction of sp³-hybridized carbons (Fsp3) is 0.438. The molecule has 2 rings (SSSR count). The van der Waals surface area contributed by atoms with Crippen molar-refractivity contribution >= 4 is 16.0 Å². The third kappa shape index (κ3) is 4.87. The number of rotatable bonds is 6. The molecule has 1 unspecified atom stereocenters. The molecule has 0 amide bonds. The zero-order valence-electron chi connectivity index (χ0n) is 12.9. The van der Waals surface area contributed by atoms with Crippen LogP contribution in [0.2, 0.25) is 0 Å². The quantitative estimate of drug-likeness (QED) is 0.588. The van der Waals surface area contributed by atoms with Gasteiger partial charge in [0.2, 0.25) is 10.0 Å². The van der Waals surface area contributed by atoms with Gasteiger partial charge >= 0.3 is 5.97 Å². The van der Waals surface area contributed by atoms with Gasteiger partial charge in [-0.25, -0.2) is 12.8 Å². The number of esters is 1. The number of sulfonamides is 1. The molecule has 5 nitrogen and oxygen atoms in total. The molecule has 0 radical (unpaired) electrons. The van der Waals surface area contributed by atoms with E-state index in [1.54, 1.807) is 0 Å². The summed E-state index contributed by atoms with van der Waals surface area (Å²) in [5, 5.41) is 0. The van der Waals surface area contributed by atoms with Crippen LogP contribution < -0.4 is 0 Å². The van der Waals surface area contributed by atoms with E-state index < -0.39 is 21.8 Å². The molecule has 0 heterocycles. The normalized spacial score (nSPS) is 18.1. The van der Waals surface area contributed by atoms with Crippen molar-refractivity contribution in [2.75, 3.05) is 20.2 Å². The summed E-state index contributed by atoms with van der Waals surface area (Å²) in [4.78, 5) is 11.8. The Morgan fingerprint density at radius 3 is 2.61 bits per heavy atom. The van der Waals surface area contributed by atoms with Crippen molar-refractivity contribution in [3.63, 3.8) is 0 Å². The van der Waals surface area contributed by atoms with E-state index in [1.165, 1.54) is 19.2 Å². The molecule has 0 N–H and O–H groups in total. The number of carbonyl (C=O) groups is 1. The molecule has 0 fully saturated rings. The summed E-state index contributed by atoms with van der Waals surface area (Å²) in [5.74, 6) is -0.816. The summed E-state index contributed by atoms with van der Waals surface area (Å²) in [6, 6.07) is 4.47. The summed E-state index contributed by atoms with van der Waals surface area (Å²) in [5.41, 5.74) is 0. The van der Waals surface area contributed by atoms with E-state index in [9.17, 15) is 17.6 Å². The van der Waals surface area contributed by atoms with Gasteiger partial charge in [-0.1, -0.05) is 12.2 Å². The summed E-state index contributed by atoms with van der Waals surface area (Å²) in [6.07, 6.45) is 6.97. The minimum absolute atomic E-state index is 0.0633. The summed E-state index contributed by atoms with van der Waals surface area (Å²) in [7, 11) is -2.54.